The van der Waals surface area contributed by atoms with Gasteiger partial charge in [-0.05, 0) is 24.5 Å². The maximum absolute atomic E-state index is 7.31. The molecule has 13 heavy (non-hydrogen) atoms. The Balaban J connectivity index is 0.00000112. The van der Waals surface area contributed by atoms with E-state index in [1.807, 2.05) is 30.5 Å². The largest absolute Gasteiger partial charge is 0.361 e. The maximum Gasteiger partial charge on any atom is 0.0456 e. The van der Waals surface area contributed by atoms with Gasteiger partial charge in [0.2, 0.25) is 0 Å². The number of halogens is 1. The Morgan fingerprint density at radius 2 is 2.15 bits per heavy atom. The Hall–Kier alpha value is -0.990. The van der Waals surface area contributed by atoms with Crippen molar-refractivity contribution in [1.29, 1.82) is 0 Å². The zero-order valence-electron chi connectivity index (χ0n) is 9.08. The van der Waals surface area contributed by atoms with Crippen molar-refractivity contribution in [2.75, 3.05) is 6.50 Å². The smallest absolute Gasteiger partial charge is 0.0456 e. The average Bonchev–Trinajstić information content (AvgIpc) is 2.47. The minimum atomic E-state index is -1.65. The quantitative estimate of drug-likeness (QED) is 0.763. The summed E-state index contributed by atoms with van der Waals surface area (Å²) in [5.41, 5.74) is 7.28. The van der Waals surface area contributed by atoms with E-state index in [0.717, 1.165) is 16.5 Å². The minimum Gasteiger partial charge on any atom is -0.361 e. The average molecular weight is 199 g/mol. The fraction of sp³-hybridized carbons (Fsp3) is 0.200. The summed E-state index contributed by atoms with van der Waals surface area (Å²) in [4.78, 5) is 3.09. The highest BCUT2D eigenvalue weighted by Crippen LogP contribution is 2.17. The zero-order valence-corrected chi connectivity index (χ0v) is 7.90. The summed E-state index contributed by atoms with van der Waals surface area (Å²) in [7, 11) is 0. The Bertz CT molecular complexity index is 448. The van der Waals surface area contributed by atoms with Crippen molar-refractivity contribution < 1.29 is 2.74 Å². The van der Waals surface area contributed by atoms with Crippen molar-refractivity contribution in [3.8, 4) is 0 Å². The molecule has 2 nitrogen and oxygen atoms in total. The van der Waals surface area contributed by atoms with Crippen molar-refractivity contribution in [2.24, 2.45) is 5.73 Å². The molecule has 1 aromatic carbocycles. The molecule has 0 saturated heterocycles. The monoisotopic (exact) mass is 198 g/mol. The highest BCUT2D eigenvalue weighted by Gasteiger charge is 1.99. The van der Waals surface area contributed by atoms with Crippen LogP contribution in [0.5, 0.6) is 0 Å². The summed E-state index contributed by atoms with van der Waals surface area (Å²) >= 11 is 0. The van der Waals surface area contributed by atoms with Crippen LogP contribution < -0.4 is 5.73 Å². The van der Waals surface area contributed by atoms with Gasteiger partial charge in [-0.1, -0.05) is 18.2 Å². The van der Waals surface area contributed by atoms with Crippen molar-refractivity contribution in [2.45, 2.75) is 6.42 Å². The second kappa shape index (κ2) is 4.30. The molecule has 0 fully saturated rings. The number of hydrogen-bond acceptors (Lipinski definition) is 1. The van der Waals surface area contributed by atoms with Crippen molar-refractivity contribution >= 4 is 23.3 Å². The molecule has 3 heteroatoms. The lowest BCUT2D eigenvalue weighted by molar-refractivity contribution is 0.976. The van der Waals surface area contributed by atoms with E-state index in [-0.39, 0.29) is 18.8 Å². The molecule has 1 heterocycles. The number of H-pyrrole nitrogens is 1. The Labute approximate surface area is 86.4 Å². The molecule has 0 saturated carbocycles. The summed E-state index contributed by atoms with van der Waals surface area (Å²) in [6, 6.07) is 7.81. The first-order chi connectivity index (χ1) is 6.56. The van der Waals surface area contributed by atoms with Crippen molar-refractivity contribution in [3.05, 3.63) is 36.0 Å². The normalized spacial score (nSPS) is 13.3. The second-order valence-electron chi connectivity index (χ2n) is 2.74. The lowest BCUT2D eigenvalue weighted by atomic mass is 10.1. The Kier molecular flexibility index (Phi) is 2.46. The van der Waals surface area contributed by atoms with E-state index < -0.39 is 6.50 Å². The highest BCUT2D eigenvalue weighted by molar-refractivity contribution is 5.85. The van der Waals surface area contributed by atoms with Gasteiger partial charge in [0, 0.05) is 19.8 Å². The van der Waals surface area contributed by atoms with Crippen LogP contribution in [-0.2, 0) is 6.42 Å². The van der Waals surface area contributed by atoms with Gasteiger partial charge >= 0.3 is 0 Å². The van der Waals surface area contributed by atoms with E-state index >= 15 is 0 Å². The number of hydrogen-bond donors (Lipinski definition) is 2. The third-order valence-corrected chi connectivity index (χ3v) is 1.97. The predicted octanol–water partition coefficient (Wildman–Crippen LogP) is 2.09. The van der Waals surface area contributed by atoms with Crippen LogP contribution in [0, 0.1) is 0 Å². The summed E-state index contributed by atoms with van der Waals surface area (Å²) in [6.07, 6.45) is 2.05. The van der Waals surface area contributed by atoms with Crippen molar-refractivity contribution in [3.63, 3.8) is 0 Å². The summed E-state index contributed by atoms with van der Waals surface area (Å²) in [5, 5.41) is 1.04. The number of nitrogens with one attached hydrogen (secondary N) is 1. The fourth-order valence-electron chi connectivity index (χ4n) is 1.39. The molecule has 0 bridgehead atoms. The van der Waals surface area contributed by atoms with Crippen LogP contribution >= 0.6 is 12.4 Å². The minimum absolute atomic E-state index is 0. The number of aromatic nitrogens is 1. The van der Waals surface area contributed by atoms with Crippen LogP contribution in [0.25, 0.3) is 10.9 Å². The van der Waals surface area contributed by atoms with E-state index in [1.165, 1.54) is 0 Å². The van der Waals surface area contributed by atoms with Crippen LogP contribution in [0.15, 0.2) is 30.5 Å². The van der Waals surface area contributed by atoms with Crippen LogP contribution in [0.4, 0.5) is 0 Å². The van der Waals surface area contributed by atoms with Gasteiger partial charge in [-0.3, -0.25) is 0 Å². The number of rotatable bonds is 2. The fourth-order valence-corrected chi connectivity index (χ4v) is 1.39. The lowest BCUT2D eigenvalue weighted by Gasteiger charge is -1.93. The van der Waals surface area contributed by atoms with Crippen LogP contribution in [-0.4, -0.2) is 11.5 Å². The maximum atomic E-state index is 7.31. The summed E-state index contributed by atoms with van der Waals surface area (Å²) in [6.45, 7) is -1.65. The predicted molar refractivity (Wildman–Crippen MR) is 58.3 cm³/mol. The van der Waals surface area contributed by atoms with Gasteiger partial charge < -0.3 is 10.7 Å². The van der Waals surface area contributed by atoms with E-state index in [2.05, 4.69) is 4.98 Å². The Morgan fingerprint density at radius 3 is 2.92 bits per heavy atom. The number of benzene rings is 1. The molecule has 0 unspecified atom stereocenters. The van der Waals surface area contributed by atoms with Gasteiger partial charge in [0.15, 0.2) is 0 Å². The highest BCUT2D eigenvalue weighted by atomic mass is 35.5. The van der Waals surface area contributed by atoms with Gasteiger partial charge in [-0.25, -0.2) is 0 Å². The van der Waals surface area contributed by atoms with Gasteiger partial charge in [-0.15, -0.1) is 12.4 Å². The van der Waals surface area contributed by atoms with Gasteiger partial charge in [0.1, 0.15) is 0 Å². The number of fused-ring (bicyclic) bond motifs is 1. The Morgan fingerprint density at radius 1 is 1.38 bits per heavy atom. The number of nitrogens with two attached hydrogens (primary N) is 1. The van der Waals surface area contributed by atoms with E-state index in [9.17, 15) is 0 Å². The molecule has 0 aliphatic heterocycles. The van der Waals surface area contributed by atoms with E-state index in [0.29, 0.717) is 0 Å². The molecule has 0 radical (unpaired) electrons. The first-order valence-corrected chi connectivity index (χ1v) is 3.90. The first kappa shape index (κ1) is 7.42. The number of aryl methyl sites for hydroxylation is 1. The summed E-state index contributed by atoms with van der Waals surface area (Å²) < 4.78 is 14.6. The molecule has 70 valence electrons. The molecular weight excluding hydrogens is 184 g/mol. The molecular formula is C10H13ClN2. The SMILES string of the molecule is Cl.[2H]C([2H])(N)Cc1c[nH]c2ccccc12. The third-order valence-electron chi connectivity index (χ3n) is 1.97. The standard InChI is InChI=1S/C10H12N2.ClH/c11-6-5-8-7-12-10-4-2-1-3-9(8)10;/h1-4,7,12H,5-6,11H2;1H/i6D2;. The molecule has 3 N–H and O–H groups in total. The van der Waals surface area contributed by atoms with E-state index in [4.69, 9.17) is 8.48 Å². The topological polar surface area (TPSA) is 41.8 Å². The molecule has 0 aliphatic rings. The molecule has 0 aliphatic carbocycles. The number of aromatic amines is 1. The van der Waals surface area contributed by atoms with E-state index in [1.54, 1.807) is 0 Å². The van der Waals surface area contributed by atoms with Crippen molar-refractivity contribution in [1.82, 2.24) is 4.98 Å². The molecule has 2 aromatic rings. The summed E-state index contributed by atoms with van der Waals surface area (Å²) in [5.74, 6) is 0. The molecule has 0 amide bonds. The number of para-hydroxylation sites is 1. The molecule has 2 rings (SSSR count). The lowest BCUT2D eigenvalue weighted by Crippen LogP contribution is -2.01. The van der Waals surface area contributed by atoms with Crippen LogP contribution in [0.3, 0.4) is 0 Å². The second-order valence-corrected chi connectivity index (χ2v) is 2.74. The van der Waals surface area contributed by atoms with Gasteiger partial charge in [0.25, 0.3) is 0 Å². The molecule has 0 spiro atoms. The first-order valence-electron chi connectivity index (χ1n) is 4.90. The molecule has 0 atom stereocenters. The van der Waals surface area contributed by atoms with Crippen LogP contribution in [0.1, 0.15) is 8.30 Å². The van der Waals surface area contributed by atoms with Gasteiger partial charge in [0.05, 0.1) is 0 Å². The third kappa shape index (κ3) is 1.85. The van der Waals surface area contributed by atoms with Crippen LogP contribution in [0.2, 0.25) is 0 Å². The van der Waals surface area contributed by atoms with Gasteiger partial charge in [-0.2, -0.15) is 0 Å². The molecule has 1 aromatic heterocycles. The zero-order chi connectivity index (χ0) is 10.2.